The van der Waals surface area contributed by atoms with E-state index >= 15 is 0 Å². The Labute approximate surface area is 135 Å². The van der Waals surface area contributed by atoms with Crippen LogP contribution in [0, 0.1) is 5.92 Å². The lowest BCUT2D eigenvalue weighted by Crippen LogP contribution is -2.43. The van der Waals surface area contributed by atoms with E-state index in [2.05, 4.69) is 16.0 Å². The monoisotopic (exact) mass is 339 g/mol. The first-order chi connectivity index (χ1) is 9.96. The van der Waals surface area contributed by atoms with Gasteiger partial charge in [-0.3, -0.25) is 14.9 Å². The maximum Gasteiger partial charge on any atom is 0.262 e. The number of amides is 2. The van der Waals surface area contributed by atoms with Crippen LogP contribution in [0.1, 0.15) is 38.5 Å². The molecular formula is C14H24ClF2N3O2. The molecule has 2 fully saturated rings. The van der Waals surface area contributed by atoms with Gasteiger partial charge in [0, 0.05) is 25.9 Å². The number of hydrogen-bond donors (Lipinski definition) is 3. The molecule has 0 aromatic rings. The number of rotatable bonds is 6. The van der Waals surface area contributed by atoms with Crippen LogP contribution in [0.15, 0.2) is 0 Å². The Balaban J connectivity index is 0.00000242. The van der Waals surface area contributed by atoms with Crippen molar-refractivity contribution in [3.05, 3.63) is 0 Å². The molecule has 1 heterocycles. The highest BCUT2D eigenvalue weighted by Crippen LogP contribution is 2.27. The Morgan fingerprint density at radius 1 is 1.14 bits per heavy atom. The van der Waals surface area contributed by atoms with E-state index in [9.17, 15) is 18.4 Å². The molecule has 0 radical (unpaired) electrons. The number of hydrogen-bond acceptors (Lipinski definition) is 3. The highest BCUT2D eigenvalue weighted by molar-refractivity contribution is 5.85. The first kappa shape index (κ1) is 19.1. The standard InChI is InChI=1S/C14H23F2N3O2.ClH/c15-14(16)8-11(19-9-14)13(21)18-6-5-17-12(20)7-10-3-1-2-4-10;/h10-11,19H,1-9H2,(H,17,20)(H,18,21);1H. The van der Waals surface area contributed by atoms with Gasteiger partial charge in [0.15, 0.2) is 0 Å². The van der Waals surface area contributed by atoms with Crippen molar-refractivity contribution in [1.82, 2.24) is 16.0 Å². The second kappa shape index (κ2) is 8.62. The van der Waals surface area contributed by atoms with Gasteiger partial charge in [0.05, 0.1) is 12.6 Å². The van der Waals surface area contributed by atoms with Crippen molar-refractivity contribution >= 4 is 24.2 Å². The molecule has 3 N–H and O–H groups in total. The van der Waals surface area contributed by atoms with Crippen molar-refractivity contribution in [3.63, 3.8) is 0 Å². The highest BCUT2D eigenvalue weighted by atomic mass is 35.5. The number of alkyl halides is 2. The maximum absolute atomic E-state index is 12.9. The van der Waals surface area contributed by atoms with Crippen LogP contribution >= 0.6 is 12.4 Å². The number of carbonyl (C=O) groups excluding carboxylic acids is 2. The van der Waals surface area contributed by atoms with E-state index in [-0.39, 0.29) is 24.9 Å². The number of carbonyl (C=O) groups is 2. The Morgan fingerprint density at radius 3 is 2.36 bits per heavy atom. The van der Waals surface area contributed by atoms with Gasteiger partial charge >= 0.3 is 0 Å². The quantitative estimate of drug-likeness (QED) is 0.637. The first-order valence-electron chi connectivity index (χ1n) is 7.62. The van der Waals surface area contributed by atoms with Crippen LogP contribution in [0.4, 0.5) is 8.78 Å². The van der Waals surface area contributed by atoms with Gasteiger partial charge in [-0.2, -0.15) is 0 Å². The summed E-state index contributed by atoms with van der Waals surface area (Å²) in [7, 11) is 0. The molecule has 22 heavy (non-hydrogen) atoms. The van der Waals surface area contributed by atoms with Crippen LogP contribution in [0.5, 0.6) is 0 Å². The Morgan fingerprint density at radius 2 is 1.77 bits per heavy atom. The van der Waals surface area contributed by atoms with Crippen LogP contribution in [-0.2, 0) is 9.59 Å². The normalized spacial score (nSPS) is 23.8. The van der Waals surface area contributed by atoms with Crippen LogP contribution in [0.25, 0.3) is 0 Å². The van der Waals surface area contributed by atoms with Crippen LogP contribution in [-0.4, -0.2) is 43.4 Å². The molecule has 128 valence electrons. The SMILES string of the molecule is Cl.O=C(CC1CCCC1)NCCNC(=O)C1CC(F)(F)CN1. The summed E-state index contributed by atoms with van der Waals surface area (Å²) in [5.74, 6) is -2.75. The van der Waals surface area contributed by atoms with Gasteiger partial charge in [-0.05, 0) is 18.8 Å². The van der Waals surface area contributed by atoms with Gasteiger partial charge in [-0.25, -0.2) is 8.78 Å². The van der Waals surface area contributed by atoms with Crippen molar-refractivity contribution in [2.75, 3.05) is 19.6 Å². The van der Waals surface area contributed by atoms with Gasteiger partial charge in [-0.1, -0.05) is 12.8 Å². The zero-order chi connectivity index (χ0) is 15.3. The minimum Gasteiger partial charge on any atom is -0.354 e. The molecule has 1 saturated carbocycles. The number of halogens is 3. The fourth-order valence-electron chi connectivity index (χ4n) is 2.96. The molecule has 0 bridgehead atoms. The third kappa shape index (κ3) is 6.04. The van der Waals surface area contributed by atoms with Gasteiger partial charge in [0.1, 0.15) is 0 Å². The zero-order valence-electron chi connectivity index (χ0n) is 12.5. The van der Waals surface area contributed by atoms with Crippen molar-refractivity contribution < 1.29 is 18.4 Å². The van der Waals surface area contributed by atoms with Crippen molar-refractivity contribution in [2.24, 2.45) is 5.92 Å². The predicted molar refractivity (Wildman–Crippen MR) is 81.2 cm³/mol. The summed E-state index contributed by atoms with van der Waals surface area (Å²) in [6.45, 7) is 0.141. The average molecular weight is 340 g/mol. The van der Waals surface area contributed by atoms with Gasteiger partial charge in [0.2, 0.25) is 11.8 Å². The lowest BCUT2D eigenvalue weighted by atomic mass is 10.0. The third-order valence-electron chi connectivity index (χ3n) is 4.12. The van der Waals surface area contributed by atoms with Crippen molar-refractivity contribution in [3.8, 4) is 0 Å². The van der Waals surface area contributed by atoms with Crippen LogP contribution in [0.3, 0.4) is 0 Å². The average Bonchev–Trinajstić information content (AvgIpc) is 3.04. The van der Waals surface area contributed by atoms with E-state index in [1.54, 1.807) is 0 Å². The second-order valence-corrected chi connectivity index (χ2v) is 5.99. The smallest absolute Gasteiger partial charge is 0.262 e. The van der Waals surface area contributed by atoms with E-state index in [4.69, 9.17) is 0 Å². The summed E-state index contributed by atoms with van der Waals surface area (Å²) in [4.78, 5) is 23.3. The molecule has 1 unspecified atom stereocenters. The fraction of sp³-hybridized carbons (Fsp3) is 0.857. The fourth-order valence-corrected chi connectivity index (χ4v) is 2.96. The van der Waals surface area contributed by atoms with E-state index < -0.39 is 30.8 Å². The van der Waals surface area contributed by atoms with Gasteiger partial charge < -0.3 is 10.6 Å². The second-order valence-electron chi connectivity index (χ2n) is 5.99. The largest absolute Gasteiger partial charge is 0.354 e. The van der Waals surface area contributed by atoms with Crippen molar-refractivity contribution in [2.45, 2.75) is 50.5 Å². The molecule has 2 aliphatic rings. The lowest BCUT2D eigenvalue weighted by Gasteiger charge is -2.12. The summed E-state index contributed by atoms with van der Waals surface area (Å²) >= 11 is 0. The molecule has 1 aliphatic heterocycles. The molecule has 0 aromatic carbocycles. The molecule has 1 atom stereocenters. The first-order valence-corrected chi connectivity index (χ1v) is 7.62. The minimum absolute atomic E-state index is 0. The summed E-state index contributed by atoms with van der Waals surface area (Å²) < 4.78 is 25.9. The van der Waals surface area contributed by atoms with E-state index in [0.29, 0.717) is 18.9 Å². The maximum atomic E-state index is 12.9. The van der Waals surface area contributed by atoms with E-state index in [1.807, 2.05) is 0 Å². The summed E-state index contributed by atoms with van der Waals surface area (Å²) in [5, 5.41) is 7.81. The Hall–Kier alpha value is -0.950. The highest BCUT2D eigenvalue weighted by Gasteiger charge is 2.42. The van der Waals surface area contributed by atoms with E-state index in [0.717, 1.165) is 12.8 Å². The lowest BCUT2D eigenvalue weighted by molar-refractivity contribution is -0.124. The molecule has 0 aromatic heterocycles. The third-order valence-corrected chi connectivity index (χ3v) is 4.12. The van der Waals surface area contributed by atoms with Gasteiger partial charge in [0.25, 0.3) is 5.92 Å². The molecule has 8 heteroatoms. The molecule has 2 amide bonds. The molecular weight excluding hydrogens is 316 g/mol. The molecule has 1 saturated heterocycles. The van der Waals surface area contributed by atoms with E-state index in [1.165, 1.54) is 12.8 Å². The van der Waals surface area contributed by atoms with Crippen molar-refractivity contribution in [1.29, 1.82) is 0 Å². The molecule has 2 rings (SSSR count). The molecule has 1 aliphatic carbocycles. The summed E-state index contributed by atoms with van der Waals surface area (Å²) in [5.41, 5.74) is 0. The van der Waals surface area contributed by atoms with Gasteiger partial charge in [-0.15, -0.1) is 12.4 Å². The van der Waals surface area contributed by atoms with Crippen LogP contribution in [0.2, 0.25) is 0 Å². The minimum atomic E-state index is -2.81. The predicted octanol–water partition coefficient (Wildman–Crippen LogP) is 1.22. The molecule has 0 spiro atoms. The Bertz CT molecular complexity index is 390. The Kier molecular flexibility index (Phi) is 7.48. The number of nitrogens with one attached hydrogen (secondary N) is 3. The topological polar surface area (TPSA) is 70.2 Å². The zero-order valence-corrected chi connectivity index (χ0v) is 13.3. The summed E-state index contributed by atoms with van der Waals surface area (Å²) in [6.07, 6.45) is 4.72. The van der Waals surface area contributed by atoms with Crippen LogP contribution < -0.4 is 16.0 Å². The molecule has 5 nitrogen and oxygen atoms in total. The summed E-state index contributed by atoms with van der Waals surface area (Å²) in [6, 6.07) is -0.839.